The lowest BCUT2D eigenvalue weighted by Gasteiger charge is -2.17. The van der Waals surface area contributed by atoms with Crippen LogP contribution in [0.4, 0.5) is 4.39 Å². The zero-order valence-corrected chi connectivity index (χ0v) is 19.4. The Balaban J connectivity index is 1.90. The molecule has 0 spiro atoms. The number of fused-ring (bicyclic) bond motifs is 3. The van der Waals surface area contributed by atoms with E-state index in [2.05, 4.69) is 0 Å². The number of ether oxygens (including phenoxy) is 2. The van der Waals surface area contributed by atoms with Crippen LogP contribution in [0.1, 0.15) is 32.9 Å². The lowest BCUT2D eigenvalue weighted by Crippen LogP contribution is -2.27. The first-order valence-electron chi connectivity index (χ1n) is 11.1. The molecule has 0 radical (unpaired) electrons. The van der Waals surface area contributed by atoms with E-state index in [1.807, 2.05) is 35.8 Å². The minimum Gasteiger partial charge on any atom is -0.464 e. The van der Waals surface area contributed by atoms with Gasteiger partial charge in [-0.3, -0.25) is 4.79 Å². The Morgan fingerprint density at radius 1 is 1.12 bits per heavy atom. The Bertz CT molecular complexity index is 1460. The number of nitrogens with zero attached hydrogens (tertiary/aromatic N) is 2. The zero-order valence-electron chi connectivity index (χ0n) is 19.4. The molecule has 0 N–H and O–H groups in total. The third-order valence-electron chi connectivity index (χ3n) is 6.51. The van der Waals surface area contributed by atoms with Crippen LogP contribution in [0, 0.1) is 12.7 Å². The number of aromatic nitrogens is 2. The van der Waals surface area contributed by atoms with Crippen LogP contribution < -0.4 is 5.56 Å². The Morgan fingerprint density at radius 2 is 1.82 bits per heavy atom. The van der Waals surface area contributed by atoms with E-state index in [0.29, 0.717) is 42.6 Å². The van der Waals surface area contributed by atoms with Crippen molar-refractivity contribution in [3.8, 4) is 11.1 Å². The van der Waals surface area contributed by atoms with Gasteiger partial charge in [-0.1, -0.05) is 42.0 Å². The molecule has 1 aliphatic heterocycles. The molecule has 0 unspecified atom stereocenters. The summed E-state index contributed by atoms with van der Waals surface area (Å²) < 4.78 is 27.8. The first kappa shape index (κ1) is 22.1. The molecule has 4 aromatic rings. The van der Waals surface area contributed by atoms with Crippen molar-refractivity contribution in [2.75, 3.05) is 13.7 Å². The van der Waals surface area contributed by atoms with Crippen molar-refractivity contribution in [2.24, 2.45) is 7.05 Å². The van der Waals surface area contributed by atoms with Crippen LogP contribution in [-0.4, -0.2) is 28.8 Å². The number of esters is 1. The van der Waals surface area contributed by atoms with Gasteiger partial charge in [0, 0.05) is 42.2 Å². The van der Waals surface area contributed by atoms with Crippen molar-refractivity contribution in [1.29, 1.82) is 0 Å². The monoisotopic (exact) mass is 460 g/mol. The number of halogens is 1. The number of carbonyl (C=O) groups is 1. The number of aryl methyl sites for hydroxylation is 1. The van der Waals surface area contributed by atoms with E-state index in [0.717, 1.165) is 27.9 Å². The van der Waals surface area contributed by atoms with Gasteiger partial charge < -0.3 is 18.6 Å². The number of methoxy groups -OCH3 is 1. The Morgan fingerprint density at radius 3 is 2.50 bits per heavy atom. The molecule has 5 rings (SSSR count). The molecule has 0 amide bonds. The fourth-order valence-electron chi connectivity index (χ4n) is 4.83. The van der Waals surface area contributed by atoms with E-state index in [4.69, 9.17) is 9.47 Å². The summed E-state index contributed by atoms with van der Waals surface area (Å²) in [6.45, 7) is 3.29. The second kappa shape index (κ2) is 8.57. The van der Waals surface area contributed by atoms with Gasteiger partial charge in [-0.15, -0.1) is 0 Å². The van der Waals surface area contributed by atoms with Gasteiger partial charge in [0.1, 0.15) is 17.0 Å². The Hall–Kier alpha value is -3.71. The van der Waals surface area contributed by atoms with Crippen molar-refractivity contribution < 1.29 is 18.7 Å². The maximum atomic E-state index is 13.7. The van der Waals surface area contributed by atoms with Gasteiger partial charge in [0.15, 0.2) is 0 Å². The van der Waals surface area contributed by atoms with E-state index in [1.54, 1.807) is 19.2 Å². The topological polar surface area (TPSA) is 62.5 Å². The van der Waals surface area contributed by atoms with Crippen LogP contribution in [0.15, 0.2) is 53.3 Å². The highest BCUT2D eigenvalue weighted by Crippen LogP contribution is 2.38. The standard InChI is InChI=1S/C27H25FN2O4/c1-16-4-8-18(9-5-16)22-23-20-15-34-13-12-21(20)30(14-17-6-10-19(28)11-7-17)24(23)26(31)29(2)25(22)27(32)33-3/h4-11H,12-15H2,1-3H3. The van der Waals surface area contributed by atoms with Gasteiger partial charge in [0.25, 0.3) is 5.56 Å². The normalized spacial score (nSPS) is 13.2. The van der Waals surface area contributed by atoms with Crippen molar-refractivity contribution in [1.82, 2.24) is 9.13 Å². The molecular weight excluding hydrogens is 435 g/mol. The summed E-state index contributed by atoms with van der Waals surface area (Å²) >= 11 is 0. The summed E-state index contributed by atoms with van der Waals surface area (Å²) in [5.41, 5.74) is 5.76. The summed E-state index contributed by atoms with van der Waals surface area (Å²) in [4.78, 5) is 26.7. The van der Waals surface area contributed by atoms with Crippen LogP contribution in [-0.2, 0) is 36.1 Å². The molecule has 0 bridgehead atoms. The van der Waals surface area contributed by atoms with Gasteiger partial charge in [-0.25, -0.2) is 9.18 Å². The molecule has 3 heterocycles. The molecule has 34 heavy (non-hydrogen) atoms. The molecule has 0 saturated carbocycles. The quantitative estimate of drug-likeness (QED) is 0.425. The number of rotatable bonds is 4. The van der Waals surface area contributed by atoms with Crippen LogP contribution in [0.5, 0.6) is 0 Å². The highest BCUT2D eigenvalue weighted by molar-refractivity contribution is 6.08. The van der Waals surface area contributed by atoms with Gasteiger partial charge in [0.2, 0.25) is 0 Å². The number of hydrogen-bond acceptors (Lipinski definition) is 4. The Labute approximate surface area is 196 Å². The average Bonchev–Trinajstić information content (AvgIpc) is 3.17. The first-order valence-corrected chi connectivity index (χ1v) is 11.1. The molecule has 174 valence electrons. The summed E-state index contributed by atoms with van der Waals surface area (Å²) in [5, 5.41) is 0.712. The molecule has 0 atom stereocenters. The van der Waals surface area contributed by atoms with Crippen molar-refractivity contribution in [2.45, 2.75) is 26.5 Å². The van der Waals surface area contributed by atoms with Crippen LogP contribution >= 0.6 is 0 Å². The largest absolute Gasteiger partial charge is 0.464 e. The molecule has 0 fully saturated rings. The number of pyridine rings is 1. The highest BCUT2D eigenvalue weighted by atomic mass is 19.1. The third kappa shape index (κ3) is 3.53. The lowest BCUT2D eigenvalue weighted by molar-refractivity contribution is 0.0589. The number of benzene rings is 2. The smallest absolute Gasteiger partial charge is 0.355 e. The van der Waals surface area contributed by atoms with Gasteiger partial charge >= 0.3 is 5.97 Å². The fourth-order valence-corrected chi connectivity index (χ4v) is 4.83. The van der Waals surface area contributed by atoms with E-state index in [9.17, 15) is 14.0 Å². The Kier molecular flexibility index (Phi) is 5.57. The molecule has 2 aromatic heterocycles. The molecule has 0 aliphatic carbocycles. The van der Waals surface area contributed by atoms with Crippen LogP contribution in [0.3, 0.4) is 0 Å². The summed E-state index contributed by atoms with van der Waals surface area (Å²) in [6.07, 6.45) is 0.634. The zero-order chi connectivity index (χ0) is 24.0. The van der Waals surface area contributed by atoms with Crippen molar-refractivity contribution >= 4 is 16.9 Å². The fraction of sp³-hybridized carbons (Fsp3) is 0.259. The molecule has 7 heteroatoms. The molecule has 2 aromatic carbocycles. The third-order valence-corrected chi connectivity index (χ3v) is 6.51. The second-order valence-electron chi connectivity index (χ2n) is 8.61. The van der Waals surface area contributed by atoms with E-state index < -0.39 is 5.97 Å². The van der Waals surface area contributed by atoms with Crippen molar-refractivity contribution in [3.63, 3.8) is 0 Å². The lowest BCUT2D eigenvalue weighted by atomic mass is 9.95. The summed E-state index contributed by atoms with van der Waals surface area (Å²) in [5.74, 6) is -0.884. The van der Waals surface area contributed by atoms with Gasteiger partial charge in [-0.2, -0.15) is 0 Å². The maximum Gasteiger partial charge on any atom is 0.355 e. The van der Waals surface area contributed by atoms with Crippen LogP contribution in [0.25, 0.3) is 22.0 Å². The highest BCUT2D eigenvalue weighted by Gasteiger charge is 2.30. The van der Waals surface area contributed by atoms with E-state index >= 15 is 0 Å². The minimum atomic E-state index is -0.575. The SMILES string of the molecule is COC(=O)c1c(-c2ccc(C)cc2)c2c3c(n(Cc4ccc(F)cc4)c2c(=O)n1C)CCOC3. The number of hydrogen-bond donors (Lipinski definition) is 0. The van der Waals surface area contributed by atoms with E-state index in [1.165, 1.54) is 23.8 Å². The summed E-state index contributed by atoms with van der Waals surface area (Å²) in [7, 11) is 2.91. The van der Waals surface area contributed by atoms with Gasteiger partial charge in [-0.05, 0) is 30.2 Å². The second-order valence-corrected chi connectivity index (χ2v) is 8.61. The van der Waals surface area contributed by atoms with Crippen molar-refractivity contribution in [3.05, 3.63) is 92.8 Å². The predicted octanol–water partition coefficient (Wildman–Crippen LogP) is 4.36. The number of carbonyl (C=O) groups excluding carboxylic acids is 1. The molecular formula is C27H25FN2O4. The summed E-state index contributed by atoms with van der Waals surface area (Å²) in [6, 6.07) is 14.1. The average molecular weight is 461 g/mol. The minimum absolute atomic E-state index is 0.205. The van der Waals surface area contributed by atoms with Gasteiger partial charge in [0.05, 0.1) is 20.3 Å². The first-order chi connectivity index (χ1) is 16.4. The molecule has 1 aliphatic rings. The van der Waals surface area contributed by atoms with Crippen LogP contribution in [0.2, 0.25) is 0 Å². The molecule has 6 nitrogen and oxygen atoms in total. The maximum absolute atomic E-state index is 13.7. The van der Waals surface area contributed by atoms with E-state index in [-0.39, 0.29) is 17.1 Å². The predicted molar refractivity (Wildman–Crippen MR) is 128 cm³/mol. The molecule has 0 saturated heterocycles.